The van der Waals surface area contributed by atoms with Crippen molar-refractivity contribution in [2.75, 3.05) is 38.6 Å². The Morgan fingerprint density at radius 3 is 2.52 bits per heavy atom. The lowest BCUT2D eigenvalue weighted by Crippen LogP contribution is -2.31. The van der Waals surface area contributed by atoms with E-state index in [0.29, 0.717) is 18.5 Å². The second-order valence-electron chi connectivity index (χ2n) is 6.68. The molecule has 0 bridgehead atoms. The molecule has 0 radical (unpaired) electrons. The molecule has 8 heteroatoms. The van der Waals surface area contributed by atoms with E-state index in [0.717, 1.165) is 35.9 Å². The lowest BCUT2D eigenvalue weighted by atomic mass is 10.1. The van der Waals surface area contributed by atoms with Crippen LogP contribution in [0.4, 0.5) is 5.69 Å². The smallest absolute Gasteiger partial charge is 0.253 e. The molecule has 0 aromatic heterocycles. The number of hydrogen-bond acceptors (Lipinski definition) is 5. The summed E-state index contributed by atoms with van der Waals surface area (Å²) in [7, 11) is -0.636. The summed E-state index contributed by atoms with van der Waals surface area (Å²) in [5.41, 5.74) is 6.90. The van der Waals surface area contributed by atoms with Crippen molar-refractivity contribution in [3.05, 3.63) is 23.8 Å². The zero-order valence-corrected chi connectivity index (χ0v) is 16.0. The summed E-state index contributed by atoms with van der Waals surface area (Å²) in [4.78, 5) is 14.9. The van der Waals surface area contributed by atoms with Gasteiger partial charge in [0.25, 0.3) is 5.91 Å². The van der Waals surface area contributed by atoms with Gasteiger partial charge in [0, 0.05) is 45.5 Å². The summed E-state index contributed by atoms with van der Waals surface area (Å²) in [6.07, 6.45) is 2.81. The van der Waals surface area contributed by atoms with Crippen molar-refractivity contribution in [2.24, 2.45) is 5.73 Å². The minimum absolute atomic E-state index is 0.00111. The number of carbonyl (C=O) groups is 1. The van der Waals surface area contributed by atoms with Crippen LogP contribution in [0.25, 0.3) is 0 Å². The molecule has 1 aliphatic heterocycles. The van der Waals surface area contributed by atoms with E-state index >= 15 is 0 Å². The van der Waals surface area contributed by atoms with E-state index in [4.69, 9.17) is 5.73 Å². The number of rotatable bonds is 7. The van der Waals surface area contributed by atoms with Crippen LogP contribution in [0.15, 0.2) is 23.1 Å². The molecular formula is C17H28N4O3S. The maximum atomic E-state index is 12.7. The number of hydrogen-bond donors (Lipinski definition) is 2. The third-order valence-electron chi connectivity index (χ3n) is 4.32. The van der Waals surface area contributed by atoms with Gasteiger partial charge in [-0.2, -0.15) is 0 Å². The van der Waals surface area contributed by atoms with Crippen molar-refractivity contribution < 1.29 is 13.2 Å². The molecule has 25 heavy (non-hydrogen) atoms. The van der Waals surface area contributed by atoms with Crippen LogP contribution in [0.3, 0.4) is 0 Å². The number of nitrogens with one attached hydrogen (secondary N) is 1. The predicted octanol–water partition coefficient (Wildman–Crippen LogP) is 1.00. The van der Waals surface area contributed by atoms with Crippen LogP contribution in [0.2, 0.25) is 0 Å². The summed E-state index contributed by atoms with van der Waals surface area (Å²) in [5.74, 6) is -0.265. The summed E-state index contributed by atoms with van der Waals surface area (Å²) in [6, 6.07) is 4.78. The minimum atomic E-state index is -3.59. The van der Waals surface area contributed by atoms with Crippen LogP contribution in [-0.2, 0) is 10.0 Å². The Hall–Kier alpha value is -1.64. The molecule has 1 atom stereocenters. The van der Waals surface area contributed by atoms with Gasteiger partial charge in [-0.25, -0.2) is 12.7 Å². The molecule has 1 aromatic carbocycles. The predicted molar refractivity (Wildman–Crippen MR) is 99.4 cm³/mol. The average Bonchev–Trinajstić information content (AvgIpc) is 3.07. The van der Waals surface area contributed by atoms with E-state index in [2.05, 4.69) is 10.2 Å². The molecule has 0 aliphatic carbocycles. The molecule has 0 spiro atoms. The van der Waals surface area contributed by atoms with Crippen LogP contribution in [-0.4, -0.2) is 58.4 Å². The van der Waals surface area contributed by atoms with Gasteiger partial charge in [0.05, 0.1) is 10.5 Å². The maximum absolute atomic E-state index is 12.7. The first-order chi connectivity index (χ1) is 11.7. The molecule has 7 nitrogen and oxygen atoms in total. The highest BCUT2D eigenvalue weighted by atomic mass is 32.2. The zero-order chi connectivity index (χ0) is 18.6. The number of nitrogens with zero attached hydrogens (tertiary/aromatic N) is 2. The number of anilines is 1. The third kappa shape index (κ3) is 4.71. The largest absolute Gasteiger partial charge is 0.371 e. The first-order valence-corrected chi connectivity index (χ1v) is 10.0. The fraction of sp³-hybridized carbons (Fsp3) is 0.588. The van der Waals surface area contributed by atoms with E-state index in [1.807, 2.05) is 6.92 Å². The van der Waals surface area contributed by atoms with Gasteiger partial charge in [-0.3, -0.25) is 4.79 Å². The first kappa shape index (κ1) is 19.7. The first-order valence-electron chi connectivity index (χ1n) is 8.59. The third-order valence-corrected chi connectivity index (χ3v) is 6.13. The highest BCUT2D eigenvalue weighted by Gasteiger charge is 2.24. The lowest BCUT2D eigenvalue weighted by molar-refractivity contribution is 0.0953. The number of amides is 1. The highest BCUT2D eigenvalue weighted by Crippen LogP contribution is 2.28. The van der Waals surface area contributed by atoms with Crippen LogP contribution in [0, 0.1) is 0 Å². The molecule has 1 aromatic rings. The van der Waals surface area contributed by atoms with Crippen LogP contribution >= 0.6 is 0 Å². The van der Waals surface area contributed by atoms with Crippen molar-refractivity contribution in [1.82, 2.24) is 9.62 Å². The standard InChI is InChI=1S/C17H28N4O3S/c1-13(18)8-9-19-17(22)15-12-14(25(23,24)20(2)3)6-7-16(15)21-10-4-5-11-21/h6-7,12-13H,4-5,8-11,18H2,1-3H3,(H,19,22). The Bertz CT molecular complexity index is 711. The second kappa shape index (κ2) is 8.16. The zero-order valence-electron chi connectivity index (χ0n) is 15.2. The van der Waals surface area contributed by atoms with E-state index in [1.165, 1.54) is 20.2 Å². The second-order valence-corrected chi connectivity index (χ2v) is 8.83. The summed E-state index contributed by atoms with van der Waals surface area (Å²) in [5, 5.41) is 2.85. The quantitative estimate of drug-likeness (QED) is 0.749. The number of benzene rings is 1. The van der Waals surface area contributed by atoms with Crippen LogP contribution in [0.5, 0.6) is 0 Å². The fourth-order valence-electron chi connectivity index (χ4n) is 2.81. The van der Waals surface area contributed by atoms with Gasteiger partial charge in [0.1, 0.15) is 0 Å². The Morgan fingerprint density at radius 2 is 1.96 bits per heavy atom. The Balaban J connectivity index is 2.35. The molecule has 1 saturated heterocycles. The fourth-order valence-corrected chi connectivity index (χ4v) is 3.74. The van der Waals surface area contributed by atoms with Crippen molar-refractivity contribution in [2.45, 2.75) is 37.1 Å². The normalized spacial score (nSPS) is 16.3. The average molecular weight is 369 g/mol. The molecule has 2 rings (SSSR count). The molecule has 1 aliphatic rings. The van der Waals surface area contributed by atoms with Crippen molar-refractivity contribution in [1.29, 1.82) is 0 Å². The van der Waals surface area contributed by atoms with Gasteiger partial charge in [-0.1, -0.05) is 0 Å². The summed E-state index contributed by atoms with van der Waals surface area (Å²) in [6.45, 7) is 4.09. The van der Waals surface area contributed by atoms with Crippen LogP contribution < -0.4 is 16.0 Å². The Kier molecular flexibility index (Phi) is 6.42. The molecule has 3 N–H and O–H groups in total. The van der Waals surface area contributed by atoms with Gasteiger partial charge >= 0.3 is 0 Å². The monoisotopic (exact) mass is 368 g/mol. The molecule has 140 valence electrons. The Morgan fingerprint density at radius 1 is 1.32 bits per heavy atom. The topological polar surface area (TPSA) is 95.7 Å². The number of sulfonamides is 1. The van der Waals surface area contributed by atoms with Gasteiger partial charge in [-0.15, -0.1) is 0 Å². The number of nitrogens with two attached hydrogens (primary N) is 1. The van der Waals surface area contributed by atoms with E-state index in [-0.39, 0.29) is 16.8 Å². The van der Waals surface area contributed by atoms with Crippen molar-refractivity contribution in [3.63, 3.8) is 0 Å². The molecule has 1 heterocycles. The number of carbonyl (C=O) groups excluding carboxylic acids is 1. The Labute approximate surface area is 150 Å². The summed E-state index contributed by atoms with van der Waals surface area (Å²) < 4.78 is 26.0. The van der Waals surface area contributed by atoms with Crippen molar-refractivity contribution in [3.8, 4) is 0 Å². The van der Waals surface area contributed by atoms with E-state index in [9.17, 15) is 13.2 Å². The van der Waals surface area contributed by atoms with Crippen molar-refractivity contribution >= 4 is 21.6 Å². The van der Waals surface area contributed by atoms with E-state index < -0.39 is 10.0 Å². The minimum Gasteiger partial charge on any atom is -0.371 e. The van der Waals surface area contributed by atoms with E-state index in [1.54, 1.807) is 12.1 Å². The van der Waals surface area contributed by atoms with Gasteiger partial charge < -0.3 is 16.0 Å². The molecule has 0 saturated carbocycles. The molecule has 1 unspecified atom stereocenters. The molecular weight excluding hydrogens is 340 g/mol. The maximum Gasteiger partial charge on any atom is 0.253 e. The summed E-state index contributed by atoms with van der Waals surface area (Å²) >= 11 is 0. The van der Waals surface area contributed by atoms with Crippen LogP contribution in [0.1, 0.15) is 36.5 Å². The lowest BCUT2D eigenvalue weighted by Gasteiger charge is -2.22. The SMILES string of the molecule is CC(N)CCNC(=O)c1cc(S(=O)(=O)N(C)C)ccc1N1CCCC1. The van der Waals surface area contributed by atoms with Gasteiger partial charge in [0.2, 0.25) is 10.0 Å². The van der Waals surface area contributed by atoms with Gasteiger partial charge in [-0.05, 0) is 44.4 Å². The van der Waals surface area contributed by atoms with Gasteiger partial charge in [0.15, 0.2) is 0 Å². The highest BCUT2D eigenvalue weighted by molar-refractivity contribution is 7.89. The molecule has 1 fully saturated rings. The molecule has 1 amide bonds.